The molecule has 13 nitrogen and oxygen atoms in total. The van der Waals surface area contributed by atoms with Crippen LogP contribution in [0.3, 0.4) is 0 Å². The minimum absolute atomic E-state index is 0.0352. The molecule has 0 bridgehead atoms. The zero-order valence-electron chi connectivity index (χ0n) is 34.2. The first-order chi connectivity index (χ1) is 30.2. The Morgan fingerprint density at radius 2 is 1.62 bits per heavy atom. The Bertz CT molecular complexity index is 2700. The maximum atomic E-state index is 14.4. The molecule has 3 aromatic carbocycles. The van der Waals surface area contributed by atoms with Gasteiger partial charge in [-0.3, -0.25) is 19.0 Å². The van der Waals surface area contributed by atoms with Crippen molar-refractivity contribution < 1.29 is 39.9 Å². The Morgan fingerprint density at radius 1 is 0.873 bits per heavy atom. The van der Waals surface area contributed by atoms with Crippen molar-refractivity contribution in [2.75, 3.05) is 80.0 Å². The average Bonchev–Trinajstić information content (AvgIpc) is 3.66. The highest BCUT2D eigenvalue weighted by atomic mass is 32.2. The van der Waals surface area contributed by atoms with E-state index in [1.807, 2.05) is 6.07 Å². The van der Waals surface area contributed by atoms with Crippen LogP contribution in [0.15, 0.2) is 97.3 Å². The molecule has 3 aromatic heterocycles. The second-order valence-corrected chi connectivity index (χ2v) is 17.8. The summed E-state index contributed by atoms with van der Waals surface area (Å²) < 4.78 is 99.7. The molecule has 2 N–H and O–H groups in total. The number of hydrogen-bond donors (Lipinski definition) is 2. The summed E-state index contributed by atoms with van der Waals surface area (Å²) in [5, 5.41) is 5.36. The number of nitrogens with one attached hydrogen (secondary N) is 2. The van der Waals surface area contributed by atoms with Crippen molar-refractivity contribution in [2.45, 2.75) is 25.1 Å². The molecule has 6 aromatic rings. The number of nitrogens with zero attached hydrogens (tertiary/aromatic N) is 7. The zero-order valence-corrected chi connectivity index (χ0v) is 35.0. The van der Waals surface area contributed by atoms with Gasteiger partial charge in [-0.1, -0.05) is 24.3 Å². The third-order valence-electron chi connectivity index (χ3n) is 11.2. The average molecular weight is 890 g/mol. The number of halogens is 5. The standard InChI is InChI=1S/C44H44F5N9O4S/c1-63(60,61)25-24-55-20-22-57(23-21-55)31-14-18-56(19-15-31)32-11-12-35(37(27-32)62-28-44(47,48)49)51-43-50-16-13-36(52-43)41-39(53-38-10-2-3-17-58(38)41)29-6-4-7-30(26-29)42(59)54-40-33(45)8-5-9-34(40)46/h2-13,16-17,26-27,31H,14-15,18-25,28H2,1H3,(H,54,59)(H,50,51,52). The van der Waals surface area contributed by atoms with E-state index >= 15 is 0 Å². The molecular formula is C44H44F5N9O4S. The van der Waals surface area contributed by atoms with E-state index < -0.39 is 45.8 Å². The van der Waals surface area contributed by atoms with Crippen LogP contribution in [0.4, 0.5) is 45.0 Å². The number of carbonyl (C=O) groups excluding carboxylic acids is 1. The van der Waals surface area contributed by atoms with Gasteiger partial charge in [0.25, 0.3) is 5.91 Å². The fourth-order valence-electron chi connectivity index (χ4n) is 7.95. The number of carbonyl (C=O) groups is 1. The molecular weight excluding hydrogens is 846 g/mol. The molecule has 63 heavy (non-hydrogen) atoms. The van der Waals surface area contributed by atoms with E-state index in [2.05, 4.69) is 30.3 Å². The number of para-hydroxylation sites is 1. The predicted octanol–water partition coefficient (Wildman–Crippen LogP) is 7.30. The topological polar surface area (TPSA) is 137 Å². The Labute approximate surface area is 360 Å². The van der Waals surface area contributed by atoms with Gasteiger partial charge in [0.1, 0.15) is 38.6 Å². The Morgan fingerprint density at radius 3 is 2.35 bits per heavy atom. The number of imidazole rings is 1. The second kappa shape index (κ2) is 18.3. The highest BCUT2D eigenvalue weighted by molar-refractivity contribution is 7.90. The minimum atomic E-state index is -4.60. The van der Waals surface area contributed by atoms with Gasteiger partial charge in [-0.15, -0.1) is 0 Å². The molecule has 0 atom stereocenters. The van der Waals surface area contributed by atoms with Gasteiger partial charge in [-0.2, -0.15) is 13.2 Å². The van der Waals surface area contributed by atoms with Gasteiger partial charge >= 0.3 is 6.18 Å². The number of anilines is 4. The SMILES string of the molecule is CS(=O)(=O)CCN1CCN(C2CCN(c3ccc(Nc4nccc(-c5c(-c6cccc(C(=O)Nc7c(F)cccc7F)c6)nc6ccccn56)n4)c(OCC(F)(F)F)c3)CC2)CC1. The summed E-state index contributed by atoms with van der Waals surface area (Å²) in [6.45, 7) is 3.69. The summed E-state index contributed by atoms with van der Waals surface area (Å²) in [6.07, 6.45) is 1.65. The first-order valence-electron chi connectivity index (χ1n) is 20.3. The highest BCUT2D eigenvalue weighted by Crippen LogP contribution is 2.36. The molecule has 0 spiro atoms. The van der Waals surface area contributed by atoms with E-state index in [1.54, 1.807) is 65.2 Å². The van der Waals surface area contributed by atoms with Crippen molar-refractivity contribution in [1.29, 1.82) is 0 Å². The van der Waals surface area contributed by atoms with Crippen LogP contribution >= 0.6 is 0 Å². The fourth-order valence-corrected chi connectivity index (χ4v) is 8.54. The number of ether oxygens (including phenoxy) is 1. The summed E-state index contributed by atoms with van der Waals surface area (Å²) >= 11 is 0. The smallest absolute Gasteiger partial charge is 0.422 e. The number of aromatic nitrogens is 4. The second-order valence-electron chi connectivity index (χ2n) is 15.6. The third-order valence-corrected chi connectivity index (χ3v) is 12.1. The van der Waals surface area contributed by atoms with Crippen molar-refractivity contribution in [3.05, 3.63) is 115 Å². The molecule has 1 amide bonds. The van der Waals surface area contributed by atoms with Crippen LogP contribution < -0.4 is 20.3 Å². The molecule has 8 rings (SSSR count). The largest absolute Gasteiger partial charge is 0.482 e. The molecule has 2 aliphatic heterocycles. The van der Waals surface area contributed by atoms with Crippen molar-refractivity contribution in [2.24, 2.45) is 0 Å². The molecule has 2 fully saturated rings. The molecule has 5 heterocycles. The van der Waals surface area contributed by atoms with E-state index in [0.29, 0.717) is 59.7 Å². The molecule has 2 aliphatic rings. The van der Waals surface area contributed by atoms with Crippen molar-refractivity contribution in [1.82, 2.24) is 29.2 Å². The summed E-state index contributed by atoms with van der Waals surface area (Å²) in [6, 6.07) is 22.1. The van der Waals surface area contributed by atoms with Gasteiger partial charge in [-0.05, 0) is 67.4 Å². The number of sulfone groups is 1. The van der Waals surface area contributed by atoms with Crippen LogP contribution in [0, 0.1) is 11.6 Å². The van der Waals surface area contributed by atoms with Crippen LogP contribution in [-0.2, 0) is 9.84 Å². The quantitative estimate of drug-likeness (QED) is 0.113. The molecule has 330 valence electrons. The van der Waals surface area contributed by atoms with E-state index in [9.17, 15) is 35.2 Å². The summed E-state index contributed by atoms with van der Waals surface area (Å²) in [5.41, 5.74) is 2.83. The van der Waals surface area contributed by atoms with Gasteiger partial charge in [0.2, 0.25) is 5.95 Å². The Kier molecular flexibility index (Phi) is 12.6. The normalized spacial score (nSPS) is 15.7. The monoisotopic (exact) mass is 889 g/mol. The van der Waals surface area contributed by atoms with Crippen molar-refractivity contribution in [3.63, 3.8) is 0 Å². The Balaban J connectivity index is 1.01. The lowest BCUT2D eigenvalue weighted by atomic mass is 10.0. The lowest BCUT2D eigenvalue weighted by Crippen LogP contribution is -2.53. The number of hydrogen-bond acceptors (Lipinski definition) is 11. The van der Waals surface area contributed by atoms with Crippen LogP contribution in [0.5, 0.6) is 5.75 Å². The predicted molar refractivity (Wildman–Crippen MR) is 230 cm³/mol. The number of fused-ring (bicyclic) bond motifs is 1. The number of alkyl halides is 3. The van der Waals surface area contributed by atoms with Gasteiger partial charge in [-0.25, -0.2) is 32.2 Å². The van der Waals surface area contributed by atoms with Crippen molar-refractivity contribution >= 4 is 44.4 Å². The lowest BCUT2D eigenvalue weighted by Gasteiger charge is -2.43. The zero-order chi connectivity index (χ0) is 44.3. The number of amides is 1. The minimum Gasteiger partial charge on any atom is -0.482 e. The van der Waals surface area contributed by atoms with E-state index in [0.717, 1.165) is 51.2 Å². The first-order valence-corrected chi connectivity index (χ1v) is 22.4. The van der Waals surface area contributed by atoms with Crippen molar-refractivity contribution in [3.8, 4) is 28.4 Å². The van der Waals surface area contributed by atoms with Gasteiger partial charge < -0.3 is 20.3 Å². The molecule has 0 saturated carbocycles. The third kappa shape index (κ3) is 10.5. The first kappa shape index (κ1) is 43.5. The maximum absolute atomic E-state index is 14.4. The molecule has 0 radical (unpaired) electrons. The van der Waals surface area contributed by atoms with E-state index in [1.165, 1.54) is 24.6 Å². The lowest BCUT2D eigenvalue weighted by molar-refractivity contribution is -0.153. The number of piperazine rings is 1. The molecule has 0 unspecified atom stereocenters. The molecule has 0 aliphatic carbocycles. The van der Waals surface area contributed by atoms with Gasteiger partial charge in [0.15, 0.2) is 6.61 Å². The number of benzene rings is 3. The fraction of sp³-hybridized carbons (Fsp3) is 0.318. The molecule has 19 heteroatoms. The summed E-state index contributed by atoms with van der Waals surface area (Å²) in [7, 11) is -3.02. The van der Waals surface area contributed by atoms with Gasteiger partial charge in [0.05, 0.1) is 28.5 Å². The van der Waals surface area contributed by atoms with E-state index in [-0.39, 0.29) is 28.7 Å². The Hall–Kier alpha value is -6.18. The van der Waals surface area contributed by atoms with E-state index in [4.69, 9.17) is 14.7 Å². The van der Waals surface area contributed by atoms with Crippen LogP contribution in [0.25, 0.3) is 28.3 Å². The van der Waals surface area contributed by atoms with Crippen LogP contribution in [0.1, 0.15) is 23.2 Å². The number of rotatable bonds is 13. The highest BCUT2D eigenvalue weighted by Gasteiger charge is 2.31. The summed E-state index contributed by atoms with van der Waals surface area (Å²) in [5.74, 6) is -2.41. The molecule has 2 saturated heterocycles. The number of pyridine rings is 1. The van der Waals surface area contributed by atoms with Crippen LogP contribution in [0.2, 0.25) is 0 Å². The maximum Gasteiger partial charge on any atom is 0.422 e. The van der Waals surface area contributed by atoms with Crippen LogP contribution in [-0.4, -0.2) is 120 Å². The summed E-state index contributed by atoms with van der Waals surface area (Å²) in [4.78, 5) is 33.9. The van der Waals surface area contributed by atoms with Gasteiger partial charge in [0, 0.05) is 93.4 Å². The number of piperidine rings is 1.